The molecule has 2 unspecified atom stereocenters. The Morgan fingerprint density at radius 1 is 1.75 bits per heavy atom. The van der Waals surface area contributed by atoms with Gasteiger partial charge in [-0.15, -0.1) is 0 Å². The van der Waals surface area contributed by atoms with Crippen molar-refractivity contribution in [2.45, 2.75) is 26.3 Å². The second-order valence-electron chi connectivity index (χ2n) is 2.62. The number of carbonyl (C=O) groups excluding carboxylic acids is 1. The van der Waals surface area contributed by atoms with E-state index in [1.54, 1.807) is 13.8 Å². The molecule has 4 heteroatoms. The summed E-state index contributed by atoms with van der Waals surface area (Å²) in [6.07, 6.45) is 0.356. The lowest BCUT2D eigenvalue weighted by Crippen LogP contribution is -2.33. The number of hydrogen-bond donors (Lipinski definition) is 1. The second-order valence-corrected chi connectivity index (χ2v) is 2.62. The summed E-state index contributed by atoms with van der Waals surface area (Å²) >= 11 is 0. The fourth-order valence-corrected chi connectivity index (χ4v) is 0.779. The average Bonchev–Trinajstić information content (AvgIpc) is 2.04. The van der Waals surface area contributed by atoms with E-state index < -0.39 is 12.0 Å². The van der Waals surface area contributed by atoms with Crippen molar-refractivity contribution in [1.29, 1.82) is 5.26 Å². The molecule has 0 saturated heterocycles. The van der Waals surface area contributed by atoms with E-state index in [1.807, 2.05) is 6.07 Å². The normalized spacial score (nSPS) is 14.5. The van der Waals surface area contributed by atoms with Crippen molar-refractivity contribution < 1.29 is 9.53 Å². The summed E-state index contributed by atoms with van der Waals surface area (Å²) in [4.78, 5) is 10.9. The molecule has 0 heterocycles. The number of hydrogen-bond acceptors (Lipinski definition) is 4. The van der Waals surface area contributed by atoms with E-state index in [9.17, 15) is 4.79 Å². The number of carbonyl (C=O) groups is 1. The first-order valence-electron chi connectivity index (χ1n) is 3.93. The zero-order chi connectivity index (χ0) is 9.56. The van der Waals surface area contributed by atoms with E-state index in [0.717, 1.165) is 0 Å². The number of nitriles is 1. The molecule has 0 amide bonds. The lowest BCUT2D eigenvalue weighted by molar-refractivity contribution is -0.144. The van der Waals surface area contributed by atoms with Crippen LogP contribution >= 0.6 is 0 Å². The maximum atomic E-state index is 10.9. The Morgan fingerprint density at radius 2 is 2.33 bits per heavy atom. The van der Waals surface area contributed by atoms with Crippen molar-refractivity contribution in [1.82, 2.24) is 0 Å². The zero-order valence-corrected chi connectivity index (χ0v) is 7.41. The molecule has 2 N–H and O–H groups in total. The summed E-state index contributed by atoms with van der Waals surface area (Å²) in [6.45, 7) is 3.77. The molecule has 0 aromatic carbocycles. The molecular formula is C8H14N2O2. The van der Waals surface area contributed by atoms with Gasteiger partial charge in [-0.2, -0.15) is 5.26 Å². The Kier molecular flexibility index (Phi) is 5.06. The summed E-state index contributed by atoms with van der Waals surface area (Å²) in [5.74, 6) is -0.635. The van der Waals surface area contributed by atoms with Crippen molar-refractivity contribution in [3.63, 3.8) is 0 Å². The number of nitrogens with two attached hydrogens (primary N) is 1. The predicted octanol–water partition coefficient (Wildman–Crippen LogP) is 0.427. The Bertz CT molecular complexity index is 186. The van der Waals surface area contributed by atoms with Gasteiger partial charge >= 0.3 is 5.97 Å². The minimum atomic E-state index is -0.667. The van der Waals surface area contributed by atoms with Gasteiger partial charge in [0.25, 0.3) is 0 Å². The maximum Gasteiger partial charge on any atom is 0.322 e. The Morgan fingerprint density at radius 3 is 2.75 bits per heavy atom. The van der Waals surface area contributed by atoms with Crippen LogP contribution in [0.1, 0.15) is 20.3 Å². The van der Waals surface area contributed by atoms with Crippen molar-refractivity contribution >= 4 is 5.97 Å². The van der Waals surface area contributed by atoms with E-state index in [0.29, 0.717) is 13.0 Å². The molecule has 68 valence electrons. The van der Waals surface area contributed by atoms with Crippen molar-refractivity contribution in [2.75, 3.05) is 6.61 Å². The first-order chi connectivity index (χ1) is 5.61. The molecule has 0 aliphatic carbocycles. The van der Waals surface area contributed by atoms with Crippen molar-refractivity contribution in [3.05, 3.63) is 0 Å². The molecular weight excluding hydrogens is 156 g/mol. The van der Waals surface area contributed by atoms with Crippen LogP contribution in [0.2, 0.25) is 0 Å². The fourth-order valence-electron chi connectivity index (χ4n) is 0.779. The van der Waals surface area contributed by atoms with Gasteiger partial charge in [-0.1, -0.05) is 0 Å². The van der Waals surface area contributed by atoms with Crippen molar-refractivity contribution in [3.8, 4) is 6.07 Å². The summed E-state index contributed by atoms with van der Waals surface area (Å²) in [7, 11) is 0. The molecule has 12 heavy (non-hydrogen) atoms. The van der Waals surface area contributed by atoms with E-state index in [-0.39, 0.29) is 5.92 Å². The van der Waals surface area contributed by atoms with E-state index in [2.05, 4.69) is 4.74 Å². The van der Waals surface area contributed by atoms with Gasteiger partial charge in [0.05, 0.1) is 12.7 Å². The van der Waals surface area contributed by atoms with Gasteiger partial charge in [0.2, 0.25) is 0 Å². The topological polar surface area (TPSA) is 76.1 Å². The van der Waals surface area contributed by atoms with Gasteiger partial charge in [0, 0.05) is 5.92 Å². The third-order valence-electron chi connectivity index (χ3n) is 1.42. The molecule has 0 aromatic heterocycles. The minimum absolute atomic E-state index is 0.204. The summed E-state index contributed by atoms with van der Waals surface area (Å²) in [5.41, 5.74) is 5.45. The smallest absolute Gasteiger partial charge is 0.322 e. The van der Waals surface area contributed by atoms with Crippen LogP contribution in [-0.4, -0.2) is 18.6 Å². The highest BCUT2D eigenvalue weighted by Gasteiger charge is 2.17. The van der Waals surface area contributed by atoms with Crippen LogP contribution in [0.3, 0.4) is 0 Å². The Balaban J connectivity index is 3.80. The standard InChI is InChI=1S/C8H14N2O2/c1-3-12-8(11)7(10)4-6(2)5-9/h6-7H,3-4,10H2,1-2H3. The molecule has 0 aromatic rings. The Hall–Kier alpha value is -1.08. The summed E-state index contributed by atoms with van der Waals surface area (Å²) in [5, 5.41) is 8.44. The molecule has 2 atom stereocenters. The first-order valence-corrected chi connectivity index (χ1v) is 3.93. The third-order valence-corrected chi connectivity index (χ3v) is 1.42. The van der Waals surface area contributed by atoms with Crippen LogP contribution in [0.25, 0.3) is 0 Å². The number of rotatable bonds is 4. The lowest BCUT2D eigenvalue weighted by Gasteiger charge is -2.10. The molecule has 0 bridgehead atoms. The van der Waals surface area contributed by atoms with Gasteiger partial charge in [0.1, 0.15) is 6.04 Å². The van der Waals surface area contributed by atoms with E-state index in [1.165, 1.54) is 0 Å². The molecule has 0 fully saturated rings. The Labute approximate surface area is 72.3 Å². The van der Waals surface area contributed by atoms with Gasteiger partial charge in [-0.3, -0.25) is 4.79 Å². The van der Waals surface area contributed by atoms with E-state index >= 15 is 0 Å². The first kappa shape index (κ1) is 10.9. The predicted molar refractivity (Wildman–Crippen MR) is 44.0 cm³/mol. The second kappa shape index (κ2) is 5.56. The van der Waals surface area contributed by atoms with E-state index in [4.69, 9.17) is 11.0 Å². The van der Waals surface area contributed by atoms with Gasteiger partial charge in [-0.05, 0) is 20.3 Å². The summed E-state index contributed by atoms with van der Waals surface area (Å²) < 4.78 is 4.68. The third kappa shape index (κ3) is 3.94. The minimum Gasteiger partial charge on any atom is -0.465 e. The van der Waals surface area contributed by atoms with Gasteiger partial charge < -0.3 is 10.5 Å². The molecule has 0 rings (SSSR count). The van der Waals surface area contributed by atoms with Crippen LogP contribution in [0.15, 0.2) is 0 Å². The van der Waals surface area contributed by atoms with Crippen LogP contribution < -0.4 is 5.73 Å². The lowest BCUT2D eigenvalue weighted by atomic mass is 10.0. The zero-order valence-electron chi connectivity index (χ0n) is 7.41. The highest BCUT2D eigenvalue weighted by molar-refractivity contribution is 5.75. The van der Waals surface area contributed by atoms with Crippen LogP contribution in [0.4, 0.5) is 0 Å². The SMILES string of the molecule is CCOC(=O)C(N)CC(C)C#N. The highest BCUT2D eigenvalue weighted by atomic mass is 16.5. The largest absolute Gasteiger partial charge is 0.465 e. The monoisotopic (exact) mass is 170 g/mol. The summed E-state index contributed by atoms with van der Waals surface area (Å²) in [6, 6.07) is 1.34. The molecule has 4 nitrogen and oxygen atoms in total. The van der Waals surface area contributed by atoms with Crippen LogP contribution in [0.5, 0.6) is 0 Å². The highest BCUT2D eigenvalue weighted by Crippen LogP contribution is 2.03. The maximum absolute atomic E-state index is 10.9. The number of ether oxygens (including phenoxy) is 1. The molecule has 0 radical (unpaired) electrons. The molecule has 0 aliphatic heterocycles. The van der Waals surface area contributed by atoms with Crippen molar-refractivity contribution in [2.24, 2.45) is 11.7 Å². The van der Waals surface area contributed by atoms with Gasteiger partial charge in [-0.25, -0.2) is 0 Å². The van der Waals surface area contributed by atoms with Crippen LogP contribution in [-0.2, 0) is 9.53 Å². The average molecular weight is 170 g/mol. The van der Waals surface area contributed by atoms with Gasteiger partial charge in [0.15, 0.2) is 0 Å². The number of nitrogens with zero attached hydrogens (tertiary/aromatic N) is 1. The van der Waals surface area contributed by atoms with Crippen LogP contribution in [0, 0.1) is 17.2 Å². The molecule has 0 spiro atoms. The molecule has 0 aliphatic rings. The molecule has 0 saturated carbocycles. The number of esters is 1. The quantitative estimate of drug-likeness (QED) is 0.620. The fraction of sp³-hybridized carbons (Fsp3) is 0.750.